The number of hydrogen-bond acceptors (Lipinski definition) is 6. The predicted molar refractivity (Wildman–Crippen MR) is 79.6 cm³/mol. The van der Waals surface area contributed by atoms with Gasteiger partial charge in [-0.15, -0.1) is 0 Å². The summed E-state index contributed by atoms with van der Waals surface area (Å²) in [6.07, 6.45) is 0. The number of carbonyl (C=O) groups is 1. The number of rotatable bonds is 2. The molecule has 5 N–H and O–H groups in total. The molecule has 0 aliphatic carbocycles. The molecule has 0 spiro atoms. The number of H-pyrrole nitrogens is 1. The molecule has 1 aliphatic rings. The fourth-order valence-corrected chi connectivity index (χ4v) is 2.65. The third-order valence-corrected chi connectivity index (χ3v) is 3.75. The summed E-state index contributed by atoms with van der Waals surface area (Å²) in [5, 5.41) is 22.6. The number of nitrogens with two attached hydrogens (primary N) is 1. The van der Waals surface area contributed by atoms with Gasteiger partial charge in [-0.05, 0) is 12.1 Å². The minimum atomic E-state index is -2.02. The molecule has 1 atom stereocenters. The highest BCUT2D eigenvalue weighted by molar-refractivity contribution is 6.01. The van der Waals surface area contributed by atoms with Crippen LogP contribution in [0.4, 0.5) is 5.82 Å². The molecular formula is C15H12N4O4. The smallest absolute Gasteiger partial charge is 0.262 e. The molecule has 1 aromatic carbocycles. The first-order valence-corrected chi connectivity index (χ1v) is 6.58. The summed E-state index contributed by atoms with van der Waals surface area (Å²) in [6, 6.07) is 8.03. The molecule has 23 heavy (non-hydrogen) atoms. The first-order chi connectivity index (χ1) is 10.9. The van der Waals surface area contributed by atoms with E-state index < -0.39 is 17.2 Å². The van der Waals surface area contributed by atoms with Crippen molar-refractivity contribution in [3.63, 3.8) is 0 Å². The van der Waals surface area contributed by atoms with Crippen molar-refractivity contribution in [3.05, 3.63) is 56.9 Å². The van der Waals surface area contributed by atoms with Gasteiger partial charge >= 0.3 is 0 Å². The Hall–Kier alpha value is -3.31. The van der Waals surface area contributed by atoms with Gasteiger partial charge in [-0.25, -0.2) is 0 Å². The Kier molecular flexibility index (Phi) is 3.09. The fourth-order valence-electron chi connectivity index (χ4n) is 2.65. The van der Waals surface area contributed by atoms with Crippen molar-refractivity contribution in [2.24, 2.45) is 0 Å². The molecule has 1 aliphatic heterocycles. The minimum Gasteiger partial charge on any atom is -0.497 e. The van der Waals surface area contributed by atoms with Crippen LogP contribution in [0, 0.1) is 11.3 Å². The SMILES string of the molecule is COc1ccc([C@@]2(O)NC(=O)c3c2c(C#N)c(N)[nH]c3=O)cc1. The van der Waals surface area contributed by atoms with Crippen molar-refractivity contribution in [1.82, 2.24) is 10.3 Å². The molecule has 0 fully saturated rings. The number of ether oxygens (including phenoxy) is 1. The second-order valence-electron chi connectivity index (χ2n) is 5.00. The summed E-state index contributed by atoms with van der Waals surface area (Å²) in [5.41, 5.74) is 2.51. The van der Waals surface area contributed by atoms with Gasteiger partial charge in [-0.1, -0.05) is 12.1 Å². The second-order valence-corrected chi connectivity index (χ2v) is 5.00. The lowest BCUT2D eigenvalue weighted by Gasteiger charge is -2.25. The number of nitrogens with one attached hydrogen (secondary N) is 2. The molecule has 1 amide bonds. The van der Waals surface area contributed by atoms with Crippen molar-refractivity contribution in [3.8, 4) is 11.8 Å². The highest BCUT2D eigenvalue weighted by Gasteiger charge is 2.47. The number of amides is 1. The molecule has 3 rings (SSSR count). The molecule has 1 aromatic heterocycles. The van der Waals surface area contributed by atoms with Crippen LogP contribution >= 0.6 is 0 Å². The zero-order valence-corrected chi connectivity index (χ0v) is 12.0. The van der Waals surface area contributed by atoms with Crippen molar-refractivity contribution in [2.45, 2.75) is 5.72 Å². The summed E-state index contributed by atoms with van der Waals surface area (Å²) in [7, 11) is 1.49. The monoisotopic (exact) mass is 312 g/mol. The zero-order valence-electron chi connectivity index (χ0n) is 12.0. The molecule has 0 unspecified atom stereocenters. The average Bonchev–Trinajstić information content (AvgIpc) is 2.80. The number of benzene rings is 1. The van der Waals surface area contributed by atoms with E-state index in [-0.39, 0.29) is 28.1 Å². The first-order valence-electron chi connectivity index (χ1n) is 6.58. The second kappa shape index (κ2) is 4.86. The van der Waals surface area contributed by atoms with Gasteiger partial charge in [0.25, 0.3) is 11.5 Å². The van der Waals surface area contributed by atoms with Crippen LogP contribution in [0.5, 0.6) is 5.75 Å². The average molecular weight is 312 g/mol. The number of pyridine rings is 1. The molecule has 8 nitrogen and oxygen atoms in total. The predicted octanol–water partition coefficient (Wildman–Crippen LogP) is -0.226. The van der Waals surface area contributed by atoms with Crippen LogP contribution in [0.1, 0.15) is 27.0 Å². The van der Waals surface area contributed by atoms with Crippen LogP contribution in [-0.2, 0) is 5.72 Å². The van der Waals surface area contributed by atoms with Crippen LogP contribution in [0.25, 0.3) is 0 Å². The number of anilines is 1. The van der Waals surface area contributed by atoms with Gasteiger partial charge in [-0.2, -0.15) is 5.26 Å². The van der Waals surface area contributed by atoms with E-state index in [1.165, 1.54) is 19.2 Å². The molecule has 2 heterocycles. The molecule has 0 bridgehead atoms. The molecule has 116 valence electrons. The Labute approximate surface area is 130 Å². The van der Waals surface area contributed by atoms with E-state index in [0.717, 1.165) is 0 Å². The summed E-state index contributed by atoms with van der Waals surface area (Å²) in [6.45, 7) is 0. The largest absolute Gasteiger partial charge is 0.497 e. The Morgan fingerprint density at radius 3 is 2.52 bits per heavy atom. The van der Waals surface area contributed by atoms with Crippen LogP contribution in [0.15, 0.2) is 29.1 Å². The standard InChI is InChI=1S/C15H12N4O4/c1-23-8-4-2-7(3-5-8)15(22)11-9(6-16)12(17)18-13(20)10(11)14(21)19-15/h2-5,22H,1H3,(H,19,21)(H3,17,18,20)/t15-/m0/s1. The summed E-state index contributed by atoms with van der Waals surface area (Å²) < 4.78 is 5.04. The number of aromatic nitrogens is 1. The van der Waals surface area contributed by atoms with E-state index in [4.69, 9.17) is 10.5 Å². The van der Waals surface area contributed by atoms with Crippen LogP contribution < -0.4 is 21.3 Å². The van der Waals surface area contributed by atoms with Crippen molar-refractivity contribution < 1.29 is 14.6 Å². The van der Waals surface area contributed by atoms with E-state index >= 15 is 0 Å². The van der Waals surface area contributed by atoms with Gasteiger partial charge in [0.05, 0.1) is 7.11 Å². The zero-order chi connectivity index (χ0) is 16.8. The number of nitrogen functional groups attached to an aromatic ring is 1. The van der Waals surface area contributed by atoms with Crippen LogP contribution in [0.3, 0.4) is 0 Å². The van der Waals surface area contributed by atoms with Crippen LogP contribution in [-0.4, -0.2) is 23.1 Å². The minimum absolute atomic E-state index is 0.142. The van der Waals surface area contributed by atoms with Gasteiger partial charge in [0.1, 0.15) is 28.8 Å². The Bertz CT molecular complexity index is 911. The maximum Gasteiger partial charge on any atom is 0.262 e. The maximum atomic E-state index is 12.1. The van der Waals surface area contributed by atoms with Crippen molar-refractivity contribution in [1.29, 1.82) is 5.26 Å². The van der Waals surface area contributed by atoms with E-state index in [2.05, 4.69) is 10.3 Å². The van der Waals surface area contributed by atoms with Gasteiger partial charge < -0.3 is 25.9 Å². The summed E-state index contributed by atoms with van der Waals surface area (Å²) in [4.78, 5) is 26.3. The number of fused-ring (bicyclic) bond motifs is 1. The highest BCUT2D eigenvalue weighted by atomic mass is 16.5. The highest BCUT2D eigenvalue weighted by Crippen LogP contribution is 2.37. The number of aromatic amines is 1. The Morgan fingerprint density at radius 2 is 1.96 bits per heavy atom. The van der Waals surface area contributed by atoms with Crippen molar-refractivity contribution >= 4 is 11.7 Å². The molecule has 0 radical (unpaired) electrons. The lowest BCUT2D eigenvalue weighted by molar-refractivity contribution is 0.0474. The lowest BCUT2D eigenvalue weighted by Crippen LogP contribution is -2.40. The van der Waals surface area contributed by atoms with E-state index in [1.54, 1.807) is 12.1 Å². The lowest BCUT2D eigenvalue weighted by atomic mass is 9.91. The van der Waals surface area contributed by atoms with Crippen molar-refractivity contribution in [2.75, 3.05) is 12.8 Å². The van der Waals surface area contributed by atoms with Gasteiger partial charge in [-0.3, -0.25) is 9.59 Å². The fraction of sp³-hybridized carbons (Fsp3) is 0.133. The number of nitrogens with zero attached hydrogens (tertiary/aromatic N) is 1. The van der Waals surface area contributed by atoms with E-state index in [9.17, 15) is 20.0 Å². The third kappa shape index (κ3) is 1.95. The molecule has 0 saturated carbocycles. The number of methoxy groups -OCH3 is 1. The Balaban J connectivity index is 2.32. The summed E-state index contributed by atoms with van der Waals surface area (Å²) >= 11 is 0. The number of carbonyl (C=O) groups excluding carboxylic acids is 1. The molecule has 8 heteroatoms. The number of hydrogen-bond donors (Lipinski definition) is 4. The molecular weight excluding hydrogens is 300 g/mol. The topological polar surface area (TPSA) is 141 Å². The quantitative estimate of drug-likeness (QED) is 0.604. The third-order valence-electron chi connectivity index (χ3n) is 3.75. The molecule has 0 saturated heterocycles. The summed E-state index contributed by atoms with van der Waals surface area (Å²) in [5.74, 6) is -0.441. The Morgan fingerprint density at radius 1 is 1.30 bits per heavy atom. The molecule has 2 aromatic rings. The van der Waals surface area contributed by atoms with Crippen LogP contribution in [0.2, 0.25) is 0 Å². The normalized spacial score (nSPS) is 18.9. The first kappa shape index (κ1) is 14.6. The maximum absolute atomic E-state index is 12.1. The number of aliphatic hydroxyl groups is 1. The van der Waals surface area contributed by atoms with Gasteiger partial charge in [0.2, 0.25) is 0 Å². The number of nitriles is 1. The van der Waals surface area contributed by atoms with Gasteiger partial charge in [0, 0.05) is 11.1 Å². The van der Waals surface area contributed by atoms with E-state index in [0.29, 0.717) is 5.75 Å². The van der Waals surface area contributed by atoms with E-state index in [1.807, 2.05) is 6.07 Å². The van der Waals surface area contributed by atoms with Gasteiger partial charge in [0.15, 0.2) is 5.72 Å².